The number of carbonyl (C=O) groups excluding carboxylic acids is 1. The third-order valence-electron chi connectivity index (χ3n) is 3.59. The molecule has 3 nitrogen and oxygen atoms in total. The lowest BCUT2D eigenvalue weighted by atomic mass is 10.1. The minimum atomic E-state index is 0.239. The van der Waals surface area contributed by atoms with Crippen molar-refractivity contribution in [3.05, 3.63) is 29.8 Å². The van der Waals surface area contributed by atoms with Crippen molar-refractivity contribution in [2.24, 2.45) is 0 Å². The van der Waals surface area contributed by atoms with Gasteiger partial charge in [0.25, 0.3) is 0 Å². The van der Waals surface area contributed by atoms with Gasteiger partial charge in [0.05, 0.1) is 0 Å². The minimum absolute atomic E-state index is 0.239. The van der Waals surface area contributed by atoms with Gasteiger partial charge in [-0.1, -0.05) is 19.1 Å². The summed E-state index contributed by atoms with van der Waals surface area (Å²) in [6.45, 7) is 6.17. The molecule has 0 atom stereocenters. The van der Waals surface area contributed by atoms with Crippen molar-refractivity contribution >= 4 is 11.5 Å². The summed E-state index contributed by atoms with van der Waals surface area (Å²) in [7, 11) is 2.16. The Morgan fingerprint density at radius 2 is 1.94 bits per heavy atom. The molecule has 0 aromatic heterocycles. The van der Waals surface area contributed by atoms with Crippen LogP contribution in [0.4, 0.5) is 5.69 Å². The number of hydrogen-bond acceptors (Lipinski definition) is 3. The normalized spacial score (nSPS) is 17.6. The van der Waals surface area contributed by atoms with E-state index in [9.17, 15) is 4.79 Å². The molecule has 2 rings (SSSR count). The van der Waals surface area contributed by atoms with Gasteiger partial charge in [-0.2, -0.15) is 0 Å². The van der Waals surface area contributed by atoms with Gasteiger partial charge < -0.3 is 9.80 Å². The van der Waals surface area contributed by atoms with Gasteiger partial charge in [-0.3, -0.25) is 4.79 Å². The molecule has 1 aliphatic rings. The Balaban J connectivity index is 2.24. The molecule has 1 fully saturated rings. The summed E-state index contributed by atoms with van der Waals surface area (Å²) >= 11 is 0. The van der Waals surface area contributed by atoms with E-state index in [1.165, 1.54) is 0 Å². The van der Waals surface area contributed by atoms with Crippen molar-refractivity contribution in [1.29, 1.82) is 0 Å². The Bertz CT molecular complexity index is 417. The van der Waals surface area contributed by atoms with Crippen molar-refractivity contribution in [2.45, 2.75) is 19.8 Å². The lowest BCUT2D eigenvalue weighted by Crippen LogP contribution is -2.29. The van der Waals surface area contributed by atoms with E-state index in [2.05, 4.69) is 22.9 Å². The molecule has 0 unspecified atom stereocenters. The zero-order valence-electron chi connectivity index (χ0n) is 11.4. The number of benzene rings is 1. The quantitative estimate of drug-likeness (QED) is 0.765. The van der Waals surface area contributed by atoms with Crippen LogP contribution in [0, 0.1) is 0 Å². The molecule has 18 heavy (non-hydrogen) atoms. The van der Waals surface area contributed by atoms with E-state index in [4.69, 9.17) is 0 Å². The number of likely N-dealkylation sites (N-methyl/N-ethyl adjacent to an activating group) is 1. The van der Waals surface area contributed by atoms with E-state index in [1.54, 1.807) is 0 Å². The first-order chi connectivity index (χ1) is 8.72. The van der Waals surface area contributed by atoms with Crippen LogP contribution >= 0.6 is 0 Å². The third-order valence-corrected chi connectivity index (χ3v) is 3.59. The highest BCUT2D eigenvalue weighted by atomic mass is 16.1. The molecule has 1 aromatic carbocycles. The molecule has 1 heterocycles. The lowest BCUT2D eigenvalue weighted by molar-refractivity contribution is 0.0988. The molecule has 0 amide bonds. The summed E-state index contributed by atoms with van der Waals surface area (Å²) in [6, 6.07) is 8.01. The number of Topliss-reactive ketones (excluding diaryl/α,β-unsaturated/α-hetero) is 1. The molecular formula is C15H22N2O. The van der Waals surface area contributed by atoms with Crippen molar-refractivity contribution in [2.75, 3.05) is 38.1 Å². The van der Waals surface area contributed by atoms with Crippen molar-refractivity contribution in [3.63, 3.8) is 0 Å². The summed E-state index contributed by atoms with van der Waals surface area (Å²) in [5, 5.41) is 0. The van der Waals surface area contributed by atoms with Gasteiger partial charge in [0.2, 0.25) is 0 Å². The highest BCUT2D eigenvalue weighted by molar-refractivity contribution is 6.01. The molecular weight excluding hydrogens is 224 g/mol. The molecule has 0 saturated carbocycles. The van der Waals surface area contributed by atoms with Gasteiger partial charge in [0, 0.05) is 37.3 Å². The second-order valence-corrected chi connectivity index (χ2v) is 4.94. The highest BCUT2D eigenvalue weighted by Gasteiger charge is 2.17. The molecule has 1 aliphatic heterocycles. The van der Waals surface area contributed by atoms with Gasteiger partial charge in [-0.15, -0.1) is 0 Å². The fourth-order valence-corrected chi connectivity index (χ4v) is 2.46. The zero-order valence-corrected chi connectivity index (χ0v) is 11.4. The van der Waals surface area contributed by atoms with E-state index in [1.807, 2.05) is 25.1 Å². The van der Waals surface area contributed by atoms with Gasteiger partial charge in [0.1, 0.15) is 0 Å². The molecule has 0 aliphatic carbocycles. The molecule has 0 bridgehead atoms. The fourth-order valence-electron chi connectivity index (χ4n) is 2.46. The predicted octanol–water partition coefficient (Wildman–Crippen LogP) is 2.42. The summed E-state index contributed by atoms with van der Waals surface area (Å²) in [5.41, 5.74) is 1.99. The Morgan fingerprint density at radius 3 is 2.72 bits per heavy atom. The summed E-state index contributed by atoms with van der Waals surface area (Å²) in [6.07, 6.45) is 1.73. The van der Waals surface area contributed by atoms with Gasteiger partial charge >= 0.3 is 0 Å². The van der Waals surface area contributed by atoms with Gasteiger partial charge in [0.15, 0.2) is 5.78 Å². The van der Waals surface area contributed by atoms with Crippen LogP contribution in [0.3, 0.4) is 0 Å². The first-order valence-corrected chi connectivity index (χ1v) is 6.78. The second kappa shape index (κ2) is 6.01. The number of nitrogens with zero attached hydrogens (tertiary/aromatic N) is 2. The average molecular weight is 246 g/mol. The molecule has 0 radical (unpaired) electrons. The standard InChI is InChI=1S/C15H22N2O/c1-3-15(18)13-7-4-5-8-14(13)17-10-6-9-16(2)11-12-17/h4-5,7-8H,3,6,9-12H2,1-2H3. The van der Waals surface area contributed by atoms with Crippen LogP contribution in [-0.4, -0.2) is 43.9 Å². The number of carbonyl (C=O) groups is 1. The zero-order chi connectivity index (χ0) is 13.0. The van der Waals surface area contributed by atoms with Crippen LogP contribution in [0.25, 0.3) is 0 Å². The van der Waals surface area contributed by atoms with Crippen molar-refractivity contribution in [3.8, 4) is 0 Å². The van der Waals surface area contributed by atoms with Crippen LogP contribution < -0.4 is 4.90 Å². The van der Waals surface area contributed by atoms with E-state index in [0.29, 0.717) is 6.42 Å². The Hall–Kier alpha value is -1.35. The highest BCUT2D eigenvalue weighted by Crippen LogP contribution is 2.23. The molecule has 1 saturated heterocycles. The molecule has 3 heteroatoms. The monoisotopic (exact) mass is 246 g/mol. The topological polar surface area (TPSA) is 23.6 Å². The van der Waals surface area contributed by atoms with Gasteiger partial charge in [-0.05, 0) is 32.1 Å². The third kappa shape index (κ3) is 2.91. The van der Waals surface area contributed by atoms with Crippen molar-refractivity contribution in [1.82, 2.24) is 4.90 Å². The number of hydrogen-bond donors (Lipinski definition) is 0. The van der Waals surface area contributed by atoms with Crippen LogP contribution in [0.15, 0.2) is 24.3 Å². The van der Waals surface area contributed by atoms with Crippen LogP contribution in [-0.2, 0) is 0 Å². The molecule has 98 valence electrons. The predicted molar refractivity (Wildman–Crippen MR) is 75.4 cm³/mol. The number of rotatable bonds is 3. The Labute approximate surface area is 109 Å². The maximum absolute atomic E-state index is 12.0. The fraction of sp³-hybridized carbons (Fsp3) is 0.533. The van der Waals surface area contributed by atoms with Crippen molar-refractivity contribution < 1.29 is 4.79 Å². The number of ketones is 1. The first-order valence-electron chi connectivity index (χ1n) is 6.78. The molecule has 1 aromatic rings. The minimum Gasteiger partial charge on any atom is -0.370 e. The smallest absolute Gasteiger partial charge is 0.164 e. The summed E-state index contributed by atoms with van der Waals surface area (Å²) < 4.78 is 0. The van der Waals surface area contributed by atoms with Gasteiger partial charge in [-0.25, -0.2) is 0 Å². The lowest BCUT2D eigenvalue weighted by Gasteiger charge is -2.25. The number of para-hydroxylation sites is 1. The molecule has 0 N–H and O–H groups in total. The van der Waals surface area contributed by atoms with E-state index < -0.39 is 0 Å². The Morgan fingerprint density at radius 1 is 1.17 bits per heavy atom. The summed E-state index contributed by atoms with van der Waals surface area (Å²) in [5.74, 6) is 0.239. The summed E-state index contributed by atoms with van der Waals surface area (Å²) in [4.78, 5) is 16.7. The maximum atomic E-state index is 12.0. The number of anilines is 1. The Kier molecular flexibility index (Phi) is 4.37. The van der Waals surface area contributed by atoms with E-state index >= 15 is 0 Å². The van der Waals surface area contributed by atoms with E-state index in [0.717, 1.165) is 43.9 Å². The van der Waals surface area contributed by atoms with Crippen LogP contribution in [0.1, 0.15) is 30.1 Å². The van der Waals surface area contributed by atoms with Crippen LogP contribution in [0.2, 0.25) is 0 Å². The maximum Gasteiger partial charge on any atom is 0.164 e. The average Bonchev–Trinajstić information content (AvgIpc) is 2.62. The first kappa shape index (κ1) is 13.1. The van der Waals surface area contributed by atoms with E-state index in [-0.39, 0.29) is 5.78 Å². The largest absolute Gasteiger partial charge is 0.370 e. The van der Waals surface area contributed by atoms with Crippen LogP contribution in [0.5, 0.6) is 0 Å². The SMILES string of the molecule is CCC(=O)c1ccccc1N1CCCN(C)CC1. The second-order valence-electron chi connectivity index (χ2n) is 4.94. The molecule has 0 spiro atoms.